The average Bonchev–Trinajstić information content (AvgIpc) is 3.57. The van der Waals surface area contributed by atoms with Gasteiger partial charge in [-0.3, -0.25) is 9.69 Å². The van der Waals surface area contributed by atoms with Crippen LogP contribution in [0.1, 0.15) is 18.7 Å². The molecule has 0 unspecified atom stereocenters. The summed E-state index contributed by atoms with van der Waals surface area (Å²) < 4.78 is 10.7. The van der Waals surface area contributed by atoms with E-state index in [2.05, 4.69) is 32.1 Å². The van der Waals surface area contributed by atoms with Gasteiger partial charge >= 0.3 is 0 Å². The molecule has 0 atom stereocenters. The van der Waals surface area contributed by atoms with Gasteiger partial charge in [0.15, 0.2) is 0 Å². The Morgan fingerprint density at radius 1 is 1.09 bits per heavy atom. The Hall–Kier alpha value is -2.91. The molecule has 1 amide bonds. The first kappa shape index (κ1) is 21.9. The maximum atomic E-state index is 13.1. The summed E-state index contributed by atoms with van der Waals surface area (Å²) >= 11 is 1.60. The maximum absolute atomic E-state index is 13.1. The van der Waals surface area contributed by atoms with E-state index in [1.807, 2.05) is 34.5 Å². The molecular weight excluding hydrogens is 438 g/mol. The topological polar surface area (TPSA) is 74.9 Å². The lowest BCUT2D eigenvalue weighted by Gasteiger charge is -2.39. The van der Waals surface area contributed by atoms with Crippen molar-refractivity contribution in [1.29, 1.82) is 0 Å². The number of anilines is 1. The van der Waals surface area contributed by atoms with Crippen LogP contribution >= 0.6 is 11.3 Å². The number of nitrogens with zero attached hydrogens (tertiary/aromatic N) is 5. The molecule has 0 saturated carbocycles. The van der Waals surface area contributed by atoms with Gasteiger partial charge in [-0.15, -0.1) is 11.3 Å². The number of benzene rings is 1. The maximum Gasteiger partial charge on any atom is 0.241 e. The average molecular weight is 468 g/mol. The SMILES string of the molecule is COc1ccc(N2CCN(C(=O)C3CCN(Cc4nc(-c5cccs5)no4)CC3)CC2)cc1. The molecule has 0 spiro atoms. The van der Waals surface area contributed by atoms with Crippen molar-refractivity contribution >= 4 is 22.9 Å². The summed E-state index contributed by atoms with van der Waals surface area (Å²) in [5.41, 5.74) is 1.18. The predicted molar refractivity (Wildman–Crippen MR) is 127 cm³/mol. The van der Waals surface area contributed by atoms with E-state index in [0.29, 0.717) is 24.2 Å². The fraction of sp³-hybridized carbons (Fsp3) is 0.458. The second-order valence-corrected chi connectivity index (χ2v) is 9.50. The number of hydrogen-bond donors (Lipinski definition) is 0. The van der Waals surface area contributed by atoms with Crippen LogP contribution in [0.5, 0.6) is 5.75 Å². The molecular formula is C24H29N5O3S. The zero-order chi connectivity index (χ0) is 22.6. The molecule has 0 bridgehead atoms. The summed E-state index contributed by atoms with van der Waals surface area (Å²) in [6.45, 7) is 5.66. The lowest BCUT2D eigenvalue weighted by molar-refractivity contribution is -0.137. The number of hydrogen-bond acceptors (Lipinski definition) is 8. The molecule has 0 radical (unpaired) electrons. The number of thiophene rings is 1. The monoisotopic (exact) mass is 467 g/mol. The lowest BCUT2D eigenvalue weighted by Crippen LogP contribution is -2.51. The van der Waals surface area contributed by atoms with Crippen molar-refractivity contribution in [2.75, 3.05) is 51.3 Å². The van der Waals surface area contributed by atoms with E-state index in [1.54, 1.807) is 18.4 Å². The van der Waals surface area contributed by atoms with E-state index in [-0.39, 0.29) is 5.92 Å². The van der Waals surface area contributed by atoms with Crippen molar-refractivity contribution in [3.63, 3.8) is 0 Å². The Balaban J connectivity index is 1.08. The molecule has 9 heteroatoms. The van der Waals surface area contributed by atoms with E-state index >= 15 is 0 Å². The van der Waals surface area contributed by atoms with E-state index in [9.17, 15) is 4.79 Å². The van der Waals surface area contributed by atoms with Crippen molar-refractivity contribution < 1.29 is 14.1 Å². The van der Waals surface area contributed by atoms with Gasteiger partial charge in [0, 0.05) is 37.8 Å². The first-order valence-corrected chi connectivity index (χ1v) is 12.3. The van der Waals surface area contributed by atoms with Gasteiger partial charge in [0.2, 0.25) is 17.6 Å². The molecule has 8 nitrogen and oxygen atoms in total. The summed E-state index contributed by atoms with van der Waals surface area (Å²) in [4.78, 5) is 25.3. The largest absolute Gasteiger partial charge is 0.497 e. The Morgan fingerprint density at radius 3 is 2.52 bits per heavy atom. The summed E-state index contributed by atoms with van der Waals surface area (Å²) in [6, 6.07) is 12.1. The molecule has 3 aromatic rings. The summed E-state index contributed by atoms with van der Waals surface area (Å²) in [6.07, 6.45) is 1.76. The first-order valence-electron chi connectivity index (χ1n) is 11.5. The Morgan fingerprint density at radius 2 is 1.85 bits per heavy atom. The first-order chi connectivity index (χ1) is 16.2. The van der Waals surface area contributed by atoms with Gasteiger partial charge in [-0.2, -0.15) is 4.98 Å². The van der Waals surface area contributed by atoms with Gasteiger partial charge in [0.1, 0.15) is 5.75 Å². The Kier molecular flexibility index (Phi) is 6.59. The minimum absolute atomic E-state index is 0.109. The Bertz CT molecular complexity index is 1040. The second kappa shape index (κ2) is 9.93. The third-order valence-electron chi connectivity index (χ3n) is 6.53. The number of piperidine rings is 1. The number of amides is 1. The van der Waals surface area contributed by atoms with E-state index in [4.69, 9.17) is 9.26 Å². The lowest BCUT2D eigenvalue weighted by atomic mass is 9.95. The standard InChI is InChI=1S/C24H29N5O3S/c1-31-20-6-4-19(5-7-20)28-12-14-29(15-13-28)24(30)18-8-10-27(11-9-18)17-22-25-23(26-32-22)21-3-2-16-33-21/h2-7,16,18H,8-15,17H2,1H3. The van der Waals surface area contributed by atoms with Crippen LogP contribution in [-0.2, 0) is 11.3 Å². The van der Waals surface area contributed by atoms with Gasteiger partial charge in [0.25, 0.3) is 0 Å². The van der Waals surface area contributed by atoms with E-state index in [0.717, 1.165) is 62.7 Å². The van der Waals surface area contributed by atoms with Gasteiger partial charge in [0.05, 0.1) is 18.5 Å². The number of carbonyl (C=O) groups is 1. The fourth-order valence-corrected chi connectivity index (χ4v) is 5.24. The van der Waals surface area contributed by atoms with Crippen molar-refractivity contribution in [2.24, 2.45) is 5.92 Å². The highest BCUT2D eigenvalue weighted by Gasteiger charge is 2.31. The van der Waals surface area contributed by atoms with Crippen molar-refractivity contribution in [3.05, 3.63) is 47.7 Å². The molecule has 2 aliphatic heterocycles. The van der Waals surface area contributed by atoms with Crippen molar-refractivity contribution in [3.8, 4) is 16.5 Å². The van der Waals surface area contributed by atoms with Crippen molar-refractivity contribution in [2.45, 2.75) is 19.4 Å². The molecule has 0 N–H and O–H groups in total. The third kappa shape index (κ3) is 5.04. The van der Waals surface area contributed by atoms with Crippen LogP contribution in [-0.4, -0.2) is 72.2 Å². The highest BCUT2D eigenvalue weighted by Crippen LogP contribution is 2.25. The minimum Gasteiger partial charge on any atom is -0.497 e. The molecule has 33 heavy (non-hydrogen) atoms. The van der Waals surface area contributed by atoms with Crippen molar-refractivity contribution in [1.82, 2.24) is 19.9 Å². The zero-order valence-corrected chi connectivity index (χ0v) is 19.7. The van der Waals surface area contributed by atoms with Gasteiger partial charge in [-0.05, 0) is 61.6 Å². The van der Waals surface area contributed by atoms with Gasteiger partial charge in [-0.1, -0.05) is 11.2 Å². The molecule has 5 rings (SSSR count). The molecule has 4 heterocycles. The highest BCUT2D eigenvalue weighted by atomic mass is 32.1. The minimum atomic E-state index is 0.109. The second-order valence-electron chi connectivity index (χ2n) is 8.55. The molecule has 2 saturated heterocycles. The molecule has 174 valence electrons. The zero-order valence-electron chi connectivity index (χ0n) is 18.9. The number of aromatic nitrogens is 2. The van der Waals surface area contributed by atoms with E-state index in [1.165, 1.54) is 5.69 Å². The van der Waals surface area contributed by atoms with E-state index < -0.39 is 0 Å². The summed E-state index contributed by atoms with van der Waals surface area (Å²) in [5.74, 6) is 2.57. The fourth-order valence-electron chi connectivity index (χ4n) is 4.59. The number of rotatable bonds is 6. The quantitative estimate of drug-likeness (QED) is 0.550. The number of methoxy groups -OCH3 is 1. The van der Waals surface area contributed by atoms with Crippen LogP contribution in [0.4, 0.5) is 5.69 Å². The molecule has 0 aliphatic carbocycles. The van der Waals surface area contributed by atoms with Crippen LogP contribution in [0.15, 0.2) is 46.3 Å². The van der Waals surface area contributed by atoms with Crippen LogP contribution in [0.2, 0.25) is 0 Å². The molecule has 1 aromatic carbocycles. The third-order valence-corrected chi connectivity index (χ3v) is 7.40. The number of likely N-dealkylation sites (tertiary alicyclic amines) is 1. The van der Waals surface area contributed by atoms with Gasteiger partial charge < -0.3 is 19.1 Å². The Labute approximate surface area is 197 Å². The smallest absolute Gasteiger partial charge is 0.241 e. The normalized spacial score (nSPS) is 18.0. The number of piperazine rings is 1. The number of ether oxygens (including phenoxy) is 1. The van der Waals surface area contributed by atoms with Gasteiger partial charge in [-0.25, -0.2) is 0 Å². The van der Waals surface area contributed by atoms with Crippen LogP contribution in [0, 0.1) is 5.92 Å². The molecule has 2 aromatic heterocycles. The summed E-state index contributed by atoms with van der Waals surface area (Å²) in [5, 5.41) is 6.10. The molecule has 2 aliphatic rings. The molecule has 2 fully saturated rings. The predicted octanol–water partition coefficient (Wildman–Crippen LogP) is 3.37. The van der Waals surface area contributed by atoms with Crippen LogP contribution in [0.3, 0.4) is 0 Å². The summed E-state index contributed by atoms with van der Waals surface area (Å²) in [7, 11) is 1.68. The van der Waals surface area contributed by atoms with Crippen LogP contribution in [0.25, 0.3) is 10.7 Å². The number of carbonyl (C=O) groups excluding carboxylic acids is 1. The highest BCUT2D eigenvalue weighted by molar-refractivity contribution is 7.13. The van der Waals surface area contributed by atoms with Crippen LogP contribution < -0.4 is 9.64 Å².